The molecule has 0 saturated heterocycles. The van der Waals surface area contributed by atoms with Crippen molar-refractivity contribution in [3.63, 3.8) is 0 Å². The number of aromatic nitrogens is 2. The van der Waals surface area contributed by atoms with Gasteiger partial charge in [-0.3, -0.25) is 4.57 Å². The van der Waals surface area contributed by atoms with E-state index in [4.69, 9.17) is 11.2 Å². The zero-order chi connectivity index (χ0) is 11.1. The average Bonchev–Trinajstić information content (AvgIpc) is 2.73. The van der Waals surface area contributed by atoms with Crippen LogP contribution in [0.5, 0.6) is 0 Å². The summed E-state index contributed by atoms with van der Waals surface area (Å²) < 4.78 is 22.0. The van der Waals surface area contributed by atoms with Crippen molar-refractivity contribution in [3.8, 4) is 0 Å². The molecule has 0 aliphatic carbocycles. The fourth-order valence-electron chi connectivity index (χ4n) is 0.992. The van der Waals surface area contributed by atoms with Crippen LogP contribution in [0.3, 0.4) is 0 Å². The smallest absolute Gasteiger partial charge is 0.416 e. The molecule has 0 amide bonds. The molecule has 2 aromatic rings. The molecule has 0 radical (unpaired) electrons. The van der Waals surface area contributed by atoms with Crippen molar-refractivity contribution in [1.82, 2.24) is 8.68 Å². The van der Waals surface area contributed by atoms with Crippen LogP contribution in [-0.4, -0.2) is 8.68 Å². The lowest BCUT2D eigenvalue weighted by Gasteiger charge is -2.07. The molecule has 0 N–H and O–H groups in total. The Kier molecular flexibility index (Phi) is 2.21. The van der Waals surface area contributed by atoms with E-state index in [-0.39, 0.29) is 0 Å². The predicted octanol–water partition coefficient (Wildman–Crippen LogP) is 0.939. The third-order valence-corrected chi connectivity index (χ3v) is 4.28. The monoisotopic (exact) mass is 250 g/mol. The summed E-state index contributed by atoms with van der Waals surface area (Å²) in [5.74, 6) is -1.83. The second-order valence-electron chi connectivity index (χ2n) is 2.50. The third kappa shape index (κ3) is 1.49. The first-order valence-electron chi connectivity index (χ1n) is 3.67. The molecule has 0 unspecified atom stereocenters. The second kappa shape index (κ2) is 3.29. The number of hydrogen-bond donors (Lipinski definition) is 0. The Morgan fingerprint density at radius 2 is 1.47 bits per heavy atom. The average molecular weight is 251 g/mol. The van der Waals surface area contributed by atoms with E-state index in [2.05, 4.69) is 8.83 Å². The molecule has 80 valence electrons. The minimum absolute atomic E-state index is 0.630. The van der Waals surface area contributed by atoms with Crippen LogP contribution in [-0.2, 0) is 4.57 Å². The Bertz CT molecular complexity index is 582. The van der Waals surface area contributed by atoms with Crippen LogP contribution in [0.1, 0.15) is 0 Å². The summed E-state index contributed by atoms with van der Waals surface area (Å²) >= 11 is 5.64. The number of rotatable bonds is 2. The zero-order valence-corrected chi connectivity index (χ0v) is 8.72. The van der Waals surface area contributed by atoms with Gasteiger partial charge in [0.25, 0.3) is 0 Å². The van der Waals surface area contributed by atoms with Crippen LogP contribution in [0.25, 0.3) is 0 Å². The van der Waals surface area contributed by atoms with Gasteiger partial charge in [0.2, 0.25) is 0 Å². The molecular weight excluding hydrogens is 247 g/mol. The molecule has 0 bridgehead atoms. The van der Waals surface area contributed by atoms with Crippen molar-refractivity contribution in [1.29, 1.82) is 0 Å². The van der Waals surface area contributed by atoms with Gasteiger partial charge in [-0.15, -0.1) is 0 Å². The highest BCUT2D eigenvalue weighted by molar-refractivity contribution is 7.86. The van der Waals surface area contributed by atoms with Gasteiger partial charge >= 0.3 is 18.3 Å². The topological polar surface area (TPSA) is 87.3 Å². The van der Waals surface area contributed by atoms with Gasteiger partial charge in [-0.25, -0.2) is 18.3 Å². The first kappa shape index (κ1) is 10.1. The van der Waals surface area contributed by atoms with Gasteiger partial charge in [-0.05, 0) is 11.2 Å². The summed E-state index contributed by atoms with van der Waals surface area (Å²) in [5.41, 5.74) is 0. The Labute approximate surface area is 86.8 Å². The Hall–Kier alpha value is -1.46. The molecule has 7 nitrogen and oxygen atoms in total. The minimum atomic E-state index is -3.88. The van der Waals surface area contributed by atoms with Gasteiger partial charge in [0.1, 0.15) is 12.5 Å². The van der Waals surface area contributed by atoms with Crippen LogP contribution >= 0.6 is 18.0 Å². The van der Waals surface area contributed by atoms with Crippen LogP contribution < -0.4 is 11.5 Å². The quantitative estimate of drug-likeness (QED) is 0.740. The molecule has 0 fully saturated rings. The molecule has 2 heterocycles. The number of halogens is 1. The molecule has 0 spiro atoms. The fraction of sp³-hybridized carbons (Fsp3) is 0. The summed E-state index contributed by atoms with van der Waals surface area (Å²) in [4.78, 5) is 22.1. The van der Waals surface area contributed by atoms with Crippen molar-refractivity contribution in [2.75, 3.05) is 0 Å². The largest absolute Gasteiger partial charge is 0.426 e. The first-order chi connectivity index (χ1) is 7.03. The molecular formula is C6H4ClN2O5P. The van der Waals surface area contributed by atoms with E-state index < -0.39 is 18.3 Å². The summed E-state index contributed by atoms with van der Waals surface area (Å²) in [6, 6.07) is 0. The van der Waals surface area contributed by atoms with Crippen LogP contribution in [0.4, 0.5) is 0 Å². The van der Waals surface area contributed by atoms with Gasteiger partial charge in [0.05, 0.1) is 12.4 Å². The molecule has 2 rings (SSSR count). The van der Waals surface area contributed by atoms with Crippen LogP contribution in [0, 0.1) is 0 Å². The van der Waals surface area contributed by atoms with Crippen LogP contribution in [0.15, 0.2) is 43.3 Å². The van der Waals surface area contributed by atoms with Gasteiger partial charge < -0.3 is 8.83 Å². The molecule has 0 saturated carbocycles. The summed E-state index contributed by atoms with van der Waals surface area (Å²) in [7, 11) is 0. The van der Waals surface area contributed by atoms with Crippen molar-refractivity contribution in [2.24, 2.45) is 0 Å². The highest BCUT2D eigenvalue weighted by atomic mass is 35.7. The Morgan fingerprint density at radius 3 is 1.73 bits per heavy atom. The molecule has 0 aromatic carbocycles. The molecule has 2 aromatic heterocycles. The summed E-state index contributed by atoms with van der Waals surface area (Å²) in [6.07, 6.45) is 4.19. The Balaban J connectivity index is 2.69. The molecule has 15 heavy (non-hydrogen) atoms. The van der Waals surface area contributed by atoms with E-state index in [1.54, 1.807) is 0 Å². The molecule has 0 atom stereocenters. The van der Waals surface area contributed by atoms with Crippen molar-refractivity contribution < 1.29 is 13.4 Å². The maximum Gasteiger partial charge on any atom is 0.426 e. The van der Waals surface area contributed by atoms with E-state index in [1.165, 1.54) is 0 Å². The van der Waals surface area contributed by atoms with E-state index in [1.807, 2.05) is 0 Å². The predicted molar refractivity (Wildman–Crippen MR) is 50.2 cm³/mol. The normalized spacial score (nSPS) is 11.8. The standard InChI is InChI=1S/C6H4ClN2O5P/c7-15(12,8-1-3-13-5(8)10)9-2-4-14-6(9)11/h1-4H. The van der Waals surface area contributed by atoms with E-state index >= 15 is 0 Å². The van der Waals surface area contributed by atoms with Gasteiger partial charge in [0.15, 0.2) is 0 Å². The lowest BCUT2D eigenvalue weighted by Crippen LogP contribution is -2.19. The minimum Gasteiger partial charge on any atom is -0.416 e. The van der Waals surface area contributed by atoms with E-state index in [0.717, 1.165) is 24.9 Å². The molecule has 9 heteroatoms. The first-order valence-corrected chi connectivity index (χ1v) is 6.19. The summed E-state index contributed by atoms with van der Waals surface area (Å²) in [5, 5.41) is 0. The lowest BCUT2D eigenvalue weighted by molar-refractivity contribution is 0.494. The number of oxazole rings is 2. The molecule has 0 aliphatic heterocycles. The molecule has 0 aliphatic rings. The summed E-state index contributed by atoms with van der Waals surface area (Å²) in [6.45, 7) is -3.88. The highest BCUT2D eigenvalue weighted by Gasteiger charge is 2.28. The highest BCUT2D eigenvalue weighted by Crippen LogP contribution is 2.51. The Morgan fingerprint density at radius 1 is 1.07 bits per heavy atom. The fourth-order valence-corrected chi connectivity index (χ4v) is 2.81. The van der Waals surface area contributed by atoms with E-state index in [9.17, 15) is 14.2 Å². The van der Waals surface area contributed by atoms with Crippen molar-refractivity contribution in [3.05, 3.63) is 46.0 Å². The number of nitrogens with zero attached hydrogens (tertiary/aromatic N) is 2. The lowest BCUT2D eigenvalue weighted by atomic mass is 11.0. The van der Waals surface area contributed by atoms with Gasteiger partial charge in [-0.2, -0.15) is 0 Å². The maximum atomic E-state index is 12.0. The van der Waals surface area contributed by atoms with Crippen molar-refractivity contribution >= 4 is 18.0 Å². The van der Waals surface area contributed by atoms with Crippen LogP contribution in [0.2, 0.25) is 0 Å². The number of hydrogen-bond acceptors (Lipinski definition) is 5. The SMILES string of the molecule is O=c1occn1P(=O)(Cl)n1ccoc1=O. The maximum absolute atomic E-state index is 12.0. The van der Waals surface area contributed by atoms with Gasteiger partial charge in [-0.1, -0.05) is 0 Å². The van der Waals surface area contributed by atoms with E-state index in [0.29, 0.717) is 8.68 Å². The zero-order valence-electron chi connectivity index (χ0n) is 7.07. The third-order valence-electron chi connectivity index (χ3n) is 1.65. The second-order valence-corrected chi connectivity index (χ2v) is 5.63. The van der Waals surface area contributed by atoms with Gasteiger partial charge in [0, 0.05) is 0 Å². The van der Waals surface area contributed by atoms with Crippen molar-refractivity contribution in [2.45, 2.75) is 0 Å².